The fourth-order valence-electron chi connectivity index (χ4n) is 2.56. The molecular weight excluding hydrogens is 224 g/mol. The molecule has 0 aliphatic carbocycles. The topological polar surface area (TPSA) is 40.2 Å². The first-order chi connectivity index (χ1) is 8.79. The number of nitriles is 1. The zero-order valence-electron chi connectivity index (χ0n) is 10.3. The van der Waals surface area contributed by atoms with Gasteiger partial charge in [0.2, 0.25) is 0 Å². The number of fused-ring (bicyclic) bond motifs is 1. The molecule has 0 fully saturated rings. The van der Waals surface area contributed by atoms with Gasteiger partial charge in [-0.15, -0.1) is 0 Å². The molecular formula is C15H14N2O. The molecule has 0 saturated heterocycles. The third-order valence-corrected chi connectivity index (χ3v) is 3.49. The third kappa shape index (κ3) is 1.71. The first-order valence-electron chi connectivity index (χ1n) is 6.07. The van der Waals surface area contributed by atoms with Crippen LogP contribution in [-0.4, -0.2) is 18.5 Å². The summed E-state index contributed by atoms with van der Waals surface area (Å²) < 4.78 is 5.49. The van der Waals surface area contributed by atoms with Crippen molar-refractivity contribution in [2.75, 3.05) is 13.6 Å². The average molecular weight is 238 g/mol. The second-order valence-corrected chi connectivity index (χ2v) is 4.70. The fourth-order valence-corrected chi connectivity index (χ4v) is 2.56. The van der Waals surface area contributed by atoms with Gasteiger partial charge in [-0.1, -0.05) is 6.07 Å². The first-order valence-corrected chi connectivity index (χ1v) is 6.07. The van der Waals surface area contributed by atoms with E-state index in [1.54, 1.807) is 6.26 Å². The van der Waals surface area contributed by atoms with Crippen molar-refractivity contribution in [2.45, 2.75) is 13.0 Å². The Morgan fingerprint density at radius 3 is 2.94 bits per heavy atom. The Kier molecular flexibility index (Phi) is 2.66. The molecule has 0 N–H and O–H groups in total. The van der Waals surface area contributed by atoms with Gasteiger partial charge in [-0.2, -0.15) is 5.26 Å². The van der Waals surface area contributed by atoms with Gasteiger partial charge in [0.15, 0.2) is 0 Å². The molecule has 0 atom stereocenters. The highest BCUT2D eigenvalue weighted by molar-refractivity contribution is 5.71. The lowest BCUT2D eigenvalue weighted by Gasteiger charge is -2.27. The maximum atomic E-state index is 9.28. The maximum absolute atomic E-state index is 9.28. The highest BCUT2D eigenvalue weighted by Gasteiger charge is 2.21. The van der Waals surface area contributed by atoms with Crippen LogP contribution in [0.15, 0.2) is 34.9 Å². The van der Waals surface area contributed by atoms with Crippen LogP contribution < -0.4 is 0 Å². The molecule has 18 heavy (non-hydrogen) atoms. The predicted octanol–water partition coefficient (Wildman–Crippen LogP) is 2.81. The lowest BCUT2D eigenvalue weighted by Crippen LogP contribution is -2.27. The zero-order valence-corrected chi connectivity index (χ0v) is 10.3. The van der Waals surface area contributed by atoms with E-state index in [0.29, 0.717) is 5.56 Å². The minimum Gasteiger partial charge on any atom is -0.464 e. The van der Waals surface area contributed by atoms with Crippen LogP contribution in [0.1, 0.15) is 16.7 Å². The monoisotopic (exact) mass is 238 g/mol. The van der Waals surface area contributed by atoms with E-state index in [0.717, 1.165) is 30.8 Å². The van der Waals surface area contributed by atoms with E-state index in [2.05, 4.69) is 24.1 Å². The van der Waals surface area contributed by atoms with E-state index in [1.165, 1.54) is 11.1 Å². The fraction of sp³-hybridized carbons (Fsp3) is 0.267. The van der Waals surface area contributed by atoms with Crippen LogP contribution in [0.4, 0.5) is 0 Å². The molecule has 1 aromatic heterocycles. The Morgan fingerprint density at radius 2 is 2.22 bits per heavy atom. The molecule has 0 radical (unpaired) electrons. The smallest absolute Gasteiger partial charge is 0.135 e. The summed E-state index contributed by atoms with van der Waals surface area (Å²) in [6.07, 6.45) is 2.69. The summed E-state index contributed by atoms with van der Waals surface area (Å²) in [5.74, 6) is 0.790. The molecule has 1 aliphatic heterocycles. The standard InChI is InChI=1S/C15H14N2O/c1-17-7-6-11-4-5-12(9-16)15(13(11)10-17)14-3-2-8-18-14/h2-5,8H,6-7,10H2,1H3. The summed E-state index contributed by atoms with van der Waals surface area (Å²) in [6, 6.07) is 10.0. The molecule has 0 unspecified atom stereocenters. The summed E-state index contributed by atoms with van der Waals surface area (Å²) in [5, 5.41) is 9.28. The van der Waals surface area contributed by atoms with Gasteiger partial charge in [0, 0.05) is 18.7 Å². The van der Waals surface area contributed by atoms with Crippen molar-refractivity contribution < 1.29 is 4.42 Å². The molecule has 0 spiro atoms. The zero-order chi connectivity index (χ0) is 12.5. The molecule has 3 nitrogen and oxygen atoms in total. The van der Waals surface area contributed by atoms with Gasteiger partial charge in [-0.25, -0.2) is 0 Å². The lowest BCUT2D eigenvalue weighted by atomic mass is 9.90. The van der Waals surface area contributed by atoms with Crippen molar-refractivity contribution in [1.82, 2.24) is 4.90 Å². The van der Waals surface area contributed by atoms with Crippen molar-refractivity contribution in [3.8, 4) is 17.4 Å². The van der Waals surface area contributed by atoms with Crippen LogP contribution in [0.2, 0.25) is 0 Å². The quantitative estimate of drug-likeness (QED) is 0.767. The molecule has 3 rings (SSSR count). The highest BCUT2D eigenvalue weighted by atomic mass is 16.3. The maximum Gasteiger partial charge on any atom is 0.135 e. The number of rotatable bonds is 1. The number of furan rings is 1. The Labute approximate surface area is 106 Å². The van der Waals surface area contributed by atoms with E-state index in [1.807, 2.05) is 18.2 Å². The van der Waals surface area contributed by atoms with Crippen molar-refractivity contribution in [3.63, 3.8) is 0 Å². The molecule has 0 bridgehead atoms. The summed E-state index contributed by atoms with van der Waals surface area (Å²) in [4.78, 5) is 2.27. The second kappa shape index (κ2) is 4.32. The van der Waals surface area contributed by atoms with Crippen LogP contribution in [0.5, 0.6) is 0 Å². The summed E-state index contributed by atoms with van der Waals surface area (Å²) in [7, 11) is 2.11. The Morgan fingerprint density at radius 1 is 1.33 bits per heavy atom. The number of benzene rings is 1. The average Bonchev–Trinajstić information content (AvgIpc) is 2.90. The molecule has 2 aromatic rings. The largest absolute Gasteiger partial charge is 0.464 e. The van der Waals surface area contributed by atoms with E-state index >= 15 is 0 Å². The molecule has 90 valence electrons. The van der Waals surface area contributed by atoms with Gasteiger partial charge in [0.25, 0.3) is 0 Å². The van der Waals surface area contributed by atoms with Gasteiger partial charge in [-0.3, -0.25) is 0 Å². The van der Waals surface area contributed by atoms with Crippen LogP contribution in [0, 0.1) is 11.3 Å². The normalized spacial score (nSPS) is 15.1. The molecule has 0 amide bonds. The van der Waals surface area contributed by atoms with Gasteiger partial charge in [0.1, 0.15) is 5.76 Å². The lowest BCUT2D eigenvalue weighted by molar-refractivity contribution is 0.313. The molecule has 2 heterocycles. The molecule has 1 aromatic carbocycles. The highest BCUT2D eigenvalue weighted by Crippen LogP contribution is 2.33. The Balaban J connectivity index is 2.24. The SMILES string of the molecule is CN1CCc2ccc(C#N)c(-c3ccco3)c2C1. The van der Waals surface area contributed by atoms with Crippen molar-refractivity contribution in [2.24, 2.45) is 0 Å². The van der Waals surface area contributed by atoms with Gasteiger partial charge in [0.05, 0.1) is 17.9 Å². The molecule has 3 heteroatoms. The predicted molar refractivity (Wildman–Crippen MR) is 68.9 cm³/mol. The third-order valence-electron chi connectivity index (χ3n) is 3.49. The number of likely N-dealkylation sites (N-methyl/N-ethyl adjacent to an activating group) is 1. The van der Waals surface area contributed by atoms with Gasteiger partial charge < -0.3 is 9.32 Å². The number of hydrogen-bond acceptors (Lipinski definition) is 3. The second-order valence-electron chi connectivity index (χ2n) is 4.70. The van der Waals surface area contributed by atoms with Crippen LogP contribution in [0.3, 0.4) is 0 Å². The van der Waals surface area contributed by atoms with Crippen molar-refractivity contribution >= 4 is 0 Å². The van der Waals surface area contributed by atoms with Gasteiger partial charge in [-0.05, 0) is 42.8 Å². The van der Waals surface area contributed by atoms with Crippen molar-refractivity contribution in [3.05, 3.63) is 47.2 Å². The van der Waals surface area contributed by atoms with Crippen LogP contribution in [0.25, 0.3) is 11.3 Å². The van der Waals surface area contributed by atoms with Crippen molar-refractivity contribution in [1.29, 1.82) is 5.26 Å². The van der Waals surface area contributed by atoms with E-state index in [-0.39, 0.29) is 0 Å². The van der Waals surface area contributed by atoms with Crippen LogP contribution >= 0.6 is 0 Å². The Bertz CT molecular complexity index is 608. The van der Waals surface area contributed by atoms with E-state index < -0.39 is 0 Å². The van der Waals surface area contributed by atoms with E-state index in [9.17, 15) is 5.26 Å². The molecule has 1 aliphatic rings. The minimum absolute atomic E-state index is 0.694. The van der Waals surface area contributed by atoms with E-state index in [4.69, 9.17) is 4.42 Å². The first kappa shape index (κ1) is 11.1. The Hall–Kier alpha value is -2.05. The number of nitrogens with zero attached hydrogens (tertiary/aromatic N) is 2. The minimum atomic E-state index is 0.694. The number of hydrogen-bond donors (Lipinski definition) is 0. The summed E-state index contributed by atoms with van der Waals surface area (Å²) in [5.41, 5.74) is 4.22. The molecule has 0 saturated carbocycles. The van der Waals surface area contributed by atoms with Gasteiger partial charge >= 0.3 is 0 Å². The summed E-state index contributed by atoms with van der Waals surface area (Å²) in [6.45, 7) is 1.94. The van der Waals surface area contributed by atoms with Crippen LogP contribution in [-0.2, 0) is 13.0 Å². The summed E-state index contributed by atoms with van der Waals surface area (Å²) >= 11 is 0.